The van der Waals surface area contributed by atoms with Gasteiger partial charge in [-0.15, -0.1) is 6.58 Å². The van der Waals surface area contributed by atoms with Gasteiger partial charge >= 0.3 is 0 Å². The largest absolute Gasteiger partial charge is 0.451 e. The van der Waals surface area contributed by atoms with Crippen LogP contribution in [0.5, 0.6) is 0 Å². The lowest BCUT2D eigenvalue weighted by molar-refractivity contribution is 0.0931. The van der Waals surface area contributed by atoms with Gasteiger partial charge in [0.05, 0.1) is 5.02 Å². The molecule has 98 valence electrons. The minimum atomic E-state index is -0.302. The molecule has 0 saturated heterocycles. The molecule has 0 unspecified atom stereocenters. The van der Waals surface area contributed by atoms with E-state index in [0.717, 1.165) is 0 Å². The minimum Gasteiger partial charge on any atom is -0.451 e. The highest BCUT2D eigenvalue weighted by Crippen LogP contribution is 2.31. The molecule has 0 saturated carbocycles. The van der Waals surface area contributed by atoms with Crippen LogP contribution < -0.4 is 5.32 Å². The van der Waals surface area contributed by atoms with Crippen molar-refractivity contribution in [3.05, 3.63) is 58.8 Å². The normalized spacial score (nSPS) is 10.2. The van der Waals surface area contributed by atoms with Crippen molar-refractivity contribution < 1.29 is 9.21 Å². The zero-order chi connectivity index (χ0) is 13.8. The van der Waals surface area contributed by atoms with Crippen LogP contribution in [0, 0.1) is 0 Å². The second-order valence-electron chi connectivity index (χ2n) is 3.79. The lowest BCUT2D eigenvalue weighted by Crippen LogP contribution is -2.22. The van der Waals surface area contributed by atoms with Gasteiger partial charge in [0.25, 0.3) is 5.91 Å². The van der Waals surface area contributed by atoms with E-state index in [-0.39, 0.29) is 11.7 Å². The Labute approximate surface area is 120 Å². The molecule has 1 aromatic heterocycles. The first-order chi connectivity index (χ1) is 9.11. The van der Waals surface area contributed by atoms with Crippen molar-refractivity contribution in [1.82, 2.24) is 5.32 Å². The van der Waals surface area contributed by atoms with Gasteiger partial charge in [-0.3, -0.25) is 4.79 Å². The van der Waals surface area contributed by atoms with Crippen LogP contribution in [0.4, 0.5) is 0 Å². The molecular weight excluding hydrogens is 285 g/mol. The molecule has 0 atom stereocenters. The molecule has 1 amide bonds. The first-order valence-electron chi connectivity index (χ1n) is 5.56. The molecule has 3 nitrogen and oxygen atoms in total. The molecule has 1 N–H and O–H groups in total. The van der Waals surface area contributed by atoms with Crippen LogP contribution in [0.1, 0.15) is 10.6 Å². The minimum absolute atomic E-state index is 0.216. The molecule has 1 heterocycles. The summed E-state index contributed by atoms with van der Waals surface area (Å²) in [6.07, 6.45) is 1.59. The van der Waals surface area contributed by atoms with Crippen LogP contribution in [0.25, 0.3) is 11.3 Å². The lowest BCUT2D eigenvalue weighted by Gasteiger charge is -2.02. The number of nitrogens with one attached hydrogen (secondary N) is 1. The molecule has 0 radical (unpaired) electrons. The van der Waals surface area contributed by atoms with E-state index in [2.05, 4.69) is 11.9 Å². The molecule has 19 heavy (non-hydrogen) atoms. The Morgan fingerprint density at radius 3 is 2.84 bits per heavy atom. The number of benzene rings is 1. The summed E-state index contributed by atoms with van der Waals surface area (Å²) in [5.74, 6) is 0.411. The zero-order valence-corrected chi connectivity index (χ0v) is 11.5. The SMILES string of the molecule is C=CCNC(=O)c1ccc(-c2cc(Cl)ccc2Cl)o1. The molecule has 0 aliphatic heterocycles. The molecule has 0 spiro atoms. The molecule has 0 aliphatic carbocycles. The maximum absolute atomic E-state index is 11.7. The smallest absolute Gasteiger partial charge is 0.287 e. The Hall–Kier alpha value is -1.71. The topological polar surface area (TPSA) is 42.2 Å². The lowest BCUT2D eigenvalue weighted by atomic mass is 10.2. The summed E-state index contributed by atoms with van der Waals surface area (Å²) in [5.41, 5.74) is 0.650. The van der Waals surface area contributed by atoms with E-state index >= 15 is 0 Å². The van der Waals surface area contributed by atoms with E-state index < -0.39 is 0 Å². The van der Waals surface area contributed by atoms with Crippen LogP contribution in [0.15, 0.2) is 47.4 Å². The summed E-state index contributed by atoms with van der Waals surface area (Å²) in [4.78, 5) is 11.7. The number of carbonyl (C=O) groups is 1. The van der Waals surface area contributed by atoms with Gasteiger partial charge < -0.3 is 9.73 Å². The van der Waals surface area contributed by atoms with Gasteiger partial charge in [0, 0.05) is 17.1 Å². The second-order valence-corrected chi connectivity index (χ2v) is 4.63. The van der Waals surface area contributed by atoms with Crippen LogP contribution in [-0.2, 0) is 0 Å². The van der Waals surface area contributed by atoms with Crippen LogP contribution in [0.3, 0.4) is 0 Å². The van der Waals surface area contributed by atoms with E-state index in [4.69, 9.17) is 27.6 Å². The first kappa shape index (κ1) is 13.7. The molecule has 2 rings (SSSR count). The van der Waals surface area contributed by atoms with Gasteiger partial charge in [0.1, 0.15) is 5.76 Å². The van der Waals surface area contributed by atoms with E-state index in [1.54, 1.807) is 36.4 Å². The summed E-state index contributed by atoms with van der Waals surface area (Å²) in [6.45, 7) is 3.90. The van der Waals surface area contributed by atoms with Crippen LogP contribution in [0.2, 0.25) is 10.0 Å². The second kappa shape index (κ2) is 5.95. The Morgan fingerprint density at radius 1 is 1.32 bits per heavy atom. The summed E-state index contributed by atoms with van der Waals surface area (Å²) < 4.78 is 5.47. The number of rotatable bonds is 4. The Balaban J connectivity index is 2.28. The van der Waals surface area contributed by atoms with Crippen molar-refractivity contribution in [1.29, 1.82) is 0 Å². The van der Waals surface area contributed by atoms with Gasteiger partial charge in [-0.25, -0.2) is 0 Å². The Morgan fingerprint density at radius 2 is 2.11 bits per heavy atom. The monoisotopic (exact) mass is 295 g/mol. The van der Waals surface area contributed by atoms with E-state index in [1.807, 2.05) is 0 Å². The third kappa shape index (κ3) is 3.19. The third-order valence-electron chi connectivity index (χ3n) is 2.43. The van der Waals surface area contributed by atoms with Crippen molar-refractivity contribution in [2.45, 2.75) is 0 Å². The van der Waals surface area contributed by atoms with Gasteiger partial charge in [-0.05, 0) is 30.3 Å². The van der Waals surface area contributed by atoms with Crippen LogP contribution in [-0.4, -0.2) is 12.5 Å². The van der Waals surface area contributed by atoms with E-state index in [0.29, 0.717) is 27.9 Å². The average Bonchev–Trinajstić information content (AvgIpc) is 2.88. The number of halogens is 2. The number of furan rings is 1. The number of hydrogen-bond acceptors (Lipinski definition) is 2. The highest BCUT2D eigenvalue weighted by Gasteiger charge is 2.13. The summed E-state index contributed by atoms with van der Waals surface area (Å²) in [5, 5.41) is 3.69. The van der Waals surface area contributed by atoms with Crippen molar-refractivity contribution in [3.63, 3.8) is 0 Å². The van der Waals surface area contributed by atoms with Crippen molar-refractivity contribution >= 4 is 29.1 Å². The molecular formula is C14H11Cl2NO2. The van der Waals surface area contributed by atoms with Crippen molar-refractivity contribution in [3.8, 4) is 11.3 Å². The number of carbonyl (C=O) groups excluding carboxylic acids is 1. The summed E-state index contributed by atoms with van der Waals surface area (Å²) in [7, 11) is 0. The molecule has 2 aromatic rings. The predicted molar refractivity (Wildman–Crippen MR) is 76.7 cm³/mol. The number of amides is 1. The molecule has 0 fully saturated rings. The fraction of sp³-hybridized carbons (Fsp3) is 0.0714. The van der Waals surface area contributed by atoms with Crippen LogP contribution >= 0.6 is 23.2 Å². The van der Waals surface area contributed by atoms with Gasteiger partial charge in [-0.2, -0.15) is 0 Å². The predicted octanol–water partition coefficient (Wildman–Crippen LogP) is 4.17. The van der Waals surface area contributed by atoms with Gasteiger partial charge in [0.15, 0.2) is 5.76 Å². The van der Waals surface area contributed by atoms with Crippen molar-refractivity contribution in [2.24, 2.45) is 0 Å². The van der Waals surface area contributed by atoms with Gasteiger partial charge in [0.2, 0.25) is 0 Å². The fourth-order valence-electron chi connectivity index (χ4n) is 1.54. The molecule has 0 aliphatic rings. The summed E-state index contributed by atoms with van der Waals surface area (Å²) in [6, 6.07) is 8.33. The fourth-order valence-corrected chi connectivity index (χ4v) is 1.93. The molecule has 0 bridgehead atoms. The highest BCUT2D eigenvalue weighted by atomic mass is 35.5. The maximum Gasteiger partial charge on any atom is 0.287 e. The molecule has 5 heteroatoms. The van der Waals surface area contributed by atoms with Gasteiger partial charge in [-0.1, -0.05) is 29.3 Å². The highest BCUT2D eigenvalue weighted by molar-refractivity contribution is 6.35. The third-order valence-corrected chi connectivity index (χ3v) is 3.00. The number of hydrogen-bond donors (Lipinski definition) is 1. The standard InChI is InChI=1S/C14H11Cl2NO2/c1-2-7-17-14(18)13-6-5-12(19-13)10-8-9(15)3-4-11(10)16/h2-6,8H,1,7H2,(H,17,18). The zero-order valence-electron chi connectivity index (χ0n) is 9.95. The summed E-state index contributed by atoms with van der Waals surface area (Å²) >= 11 is 12.0. The van der Waals surface area contributed by atoms with E-state index in [1.165, 1.54) is 0 Å². The van der Waals surface area contributed by atoms with Crippen molar-refractivity contribution in [2.75, 3.05) is 6.54 Å². The average molecular weight is 296 g/mol. The Bertz CT molecular complexity index is 620. The maximum atomic E-state index is 11.7. The Kier molecular flexibility index (Phi) is 4.30. The van der Waals surface area contributed by atoms with E-state index in [9.17, 15) is 4.79 Å². The first-order valence-corrected chi connectivity index (χ1v) is 6.32. The molecule has 1 aromatic carbocycles. The quantitative estimate of drug-likeness (QED) is 0.860.